The summed E-state index contributed by atoms with van der Waals surface area (Å²) in [6.45, 7) is 0.505. The summed E-state index contributed by atoms with van der Waals surface area (Å²) >= 11 is 5.20. The Labute approximate surface area is 358 Å². The number of nitrogens with one attached hydrogen (secondary N) is 3. The zero-order chi connectivity index (χ0) is 43.3. The van der Waals surface area contributed by atoms with Gasteiger partial charge in [-0.3, -0.25) is 39.0 Å². The van der Waals surface area contributed by atoms with E-state index in [4.69, 9.17) is 18.0 Å². The second-order valence-electron chi connectivity index (χ2n) is 16.3. The van der Waals surface area contributed by atoms with Crippen molar-refractivity contribution in [3.8, 4) is 11.1 Å². The standard InChI is InChI=1S/C46H50F2N6O6S/c47-46(48)22-20-32(21-23-46)53-27-35(29-10-7-11-30(25-29)42(49)61)33-16-15-31(26-37(33)53)51-39(56)13-5-3-1-2-4-6-24-50-38(55)18-14-28-9-8-12-34-41(28)45(60)54(44(34)59)36-17-19-40(57)52-43(36)58/h7-12,15-16,25-27,32,36H,1-6,13-14,17-24H2,(H2,49,61)(H,50,55)(H,51,56)(H,52,57,58). The molecule has 3 heterocycles. The second kappa shape index (κ2) is 18.8. The van der Waals surface area contributed by atoms with Gasteiger partial charge in [0.2, 0.25) is 29.6 Å². The van der Waals surface area contributed by atoms with Gasteiger partial charge in [0, 0.05) is 73.1 Å². The highest BCUT2D eigenvalue weighted by Crippen LogP contribution is 2.42. The molecule has 0 radical (unpaired) electrons. The number of thiocarbonyl (C=S) groups is 1. The summed E-state index contributed by atoms with van der Waals surface area (Å²) in [5.41, 5.74) is 11.0. The highest BCUT2D eigenvalue weighted by molar-refractivity contribution is 7.80. The molecule has 1 atom stereocenters. The molecule has 1 aliphatic carbocycles. The average molecular weight is 853 g/mol. The first-order valence-electron chi connectivity index (χ1n) is 21.1. The minimum Gasteiger partial charge on any atom is -0.389 e. The van der Waals surface area contributed by atoms with Crippen LogP contribution in [-0.2, 0) is 25.6 Å². The molecule has 5 N–H and O–H groups in total. The summed E-state index contributed by atoms with van der Waals surface area (Å²) < 4.78 is 30.3. The van der Waals surface area contributed by atoms with Gasteiger partial charge in [-0.1, -0.05) is 74.3 Å². The number of anilines is 1. The van der Waals surface area contributed by atoms with Gasteiger partial charge in [0.05, 0.1) is 16.6 Å². The topological polar surface area (TPSA) is 173 Å². The lowest BCUT2D eigenvalue weighted by Gasteiger charge is -2.29. The first-order valence-corrected chi connectivity index (χ1v) is 21.5. The van der Waals surface area contributed by atoms with E-state index in [1.165, 1.54) is 6.07 Å². The molecule has 6 amide bonds. The first-order chi connectivity index (χ1) is 29.3. The first kappa shape index (κ1) is 43.3. The SMILES string of the molecule is NC(=S)c1cccc(-c2cn(C3CCC(F)(F)CC3)c3cc(NC(=O)CCCCCCCCNC(=O)CCc4cccc5c4C(=O)N(C4CCC(=O)NC4=O)C5=O)ccc23)c1. The van der Waals surface area contributed by atoms with E-state index in [-0.39, 0.29) is 67.5 Å². The summed E-state index contributed by atoms with van der Waals surface area (Å²) in [4.78, 5) is 77.2. The van der Waals surface area contributed by atoms with Gasteiger partial charge < -0.3 is 20.9 Å². The van der Waals surface area contributed by atoms with Crippen molar-refractivity contribution in [3.63, 3.8) is 0 Å². The second-order valence-corrected chi connectivity index (χ2v) is 16.7. The van der Waals surface area contributed by atoms with E-state index in [1.54, 1.807) is 12.1 Å². The van der Waals surface area contributed by atoms with Gasteiger partial charge in [-0.2, -0.15) is 0 Å². The van der Waals surface area contributed by atoms with E-state index in [2.05, 4.69) is 20.5 Å². The van der Waals surface area contributed by atoms with Gasteiger partial charge in [-0.15, -0.1) is 0 Å². The Morgan fingerprint density at radius 2 is 1.57 bits per heavy atom. The molecule has 1 saturated heterocycles. The number of carbonyl (C=O) groups excluding carboxylic acids is 6. The lowest BCUT2D eigenvalue weighted by Crippen LogP contribution is -2.54. The Balaban J connectivity index is 0.824. The van der Waals surface area contributed by atoms with E-state index in [0.29, 0.717) is 42.0 Å². The Bertz CT molecular complexity index is 2390. The molecule has 4 aromatic rings. The lowest BCUT2D eigenvalue weighted by atomic mass is 9.92. The number of halogens is 2. The molecule has 2 aliphatic heterocycles. The monoisotopic (exact) mass is 852 g/mol. The molecule has 1 saturated carbocycles. The number of unbranched alkanes of at least 4 members (excludes halogenated alkanes) is 5. The number of benzene rings is 3. The molecule has 0 bridgehead atoms. The van der Waals surface area contributed by atoms with Crippen molar-refractivity contribution in [1.82, 2.24) is 20.1 Å². The number of amides is 6. The predicted octanol–water partition coefficient (Wildman–Crippen LogP) is 7.51. The Kier molecular flexibility index (Phi) is 13.4. The van der Waals surface area contributed by atoms with Crippen LogP contribution in [0.3, 0.4) is 0 Å². The van der Waals surface area contributed by atoms with Crippen molar-refractivity contribution in [3.05, 3.63) is 89.1 Å². The molecule has 15 heteroatoms. The molecule has 0 spiro atoms. The maximum atomic E-state index is 14.1. The van der Waals surface area contributed by atoms with Crippen LogP contribution in [0.25, 0.3) is 22.0 Å². The number of nitrogens with two attached hydrogens (primary N) is 1. The number of aromatic nitrogens is 1. The third-order valence-corrected chi connectivity index (χ3v) is 12.2. The summed E-state index contributed by atoms with van der Waals surface area (Å²) in [5, 5.41) is 9.09. The van der Waals surface area contributed by atoms with Crippen LogP contribution in [0.4, 0.5) is 14.5 Å². The number of imide groups is 2. The van der Waals surface area contributed by atoms with Crippen molar-refractivity contribution in [1.29, 1.82) is 0 Å². The Morgan fingerprint density at radius 3 is 2.33 bits per heavy atom. The smallest absolute Gasteiger partial charge is 0.262 e. The van der Waals surface area contributed by atoms with Gasteiger partial charge in [-0.25, -0.2) is 8.78 Å². The minimum atomic E-state index is -2.65. The number of nitrogens with zero attached hydrogens (tertiary/aromatic N) is 2. The van der Waals surface area contributed by atoms with Crippen LogP contribution >= 0.6 is 12.2 Å². The molecule has 3 aromatic carbocycles. The van der Waals surface area contributed by atoms with Gasteiger partial charge in [0.25, 0.3) is 11.8 Å². The Morgan fingerprint density at radius 1 is 0.836 bits per heavy atom. The molecule has 320 valence electrons. The zero-order valence-corrected chi connectivity index (χ0v) is 34.7. The van der Waals surface area contributed by atoms with Gasteiger partial charge >= 0.3 is 0 Å². The van der Waals surface area contributed by atoms with Crippen molar-refractivity contribution in [2.45, 2.75) is 114 Å². The molecule has 61 heavy (non-hydrogen) atoms. The number of rotatable bonds is 17. The summed E-state index contributed by atoms with van der Waals surface area (Å²) in [7, 11) is 0. The van der Waals surface area contributed by atoms with Gasteiger partial charge in [0.1, 0.15) is 11.0 Å². The highest BCUT2D eigenvalue weighted by Gasteiger charge is 2.45. The van der Waals surface area contributed by atoms with Crippen LogP contribution in [0, 0.1) is 0 Å². The van der Waals surface area contributed by atoms with Crippen LogP contribution in [0.5, 0.6) is 0 Å². The van der Waals surface area contributed by atoms with Crippen molar-refractivity contribution in [2.24, 2.45) is 5.73 Å². The molecular formula is C46H50F2N6O6S. The summed E-state index contributed by atoms with van der Waals surface area (Å²) in [6, 6.07) is 17.2. The zero-order valence-electron chi connectivity index (χ0n) is 33.9. The number of fused-ring (bicyclic) bond motifs is 2. The number of hydrogen-bond acceptors (Lipinski definition) is 7. The van der Waals surface area contributed by atoms with Crippen LogP contribution in [0.1, 0.15) is 128 Å². The molecule has 3 aliphatic rings. The molecule has 12 nitrogen and oxygen atoms in total. The molecule has 1 unspecified atom stereocenters. The number of carbonyl (C=O) groups is 6. The van der Waals surface area contributed by atoms with Crippen molar-refractivity contribution < 1.29 is 37.5 Å². The fourth-order valence-electron chi connectivity index (χ4n) is 8.70. The number of hydrogen-bond donors (Lipinski definition) is 4. The minimum absolute atomic E-state index is 0.0378. The fraction of sp³-hybridized carbons (Fsp3) is 0.413. The lowest BCUT2D eigenvalue weighted by molar-refractivity contribution is -0.136. The van der Waals surface area contributed by atoms with Gasteiger partial charge in [0.15, 0.2) is 0 Å². The van der Waals surface area contributed by atoms with Crippen LogP contribution in [0.2, 0.25) is 0 Å². The molecule has 1 aromatic heterocycles. The normalized spacial score (nSPS) is 17.7. The largest absolute Gasteiger partial charge is 0.389 e. The quantitative estimate of drug-likeness (QED) is 0.0480. The van der Waals surface area contributed by atoms with E-state index < -0.39 is 35.6 Å². The van der Waals surface area contributed by atoms with E-state index >= 15 is 0 Å². The predicted molar refractivity (Wildman–Crippen MR) is 231 cm³/mol. The number of alkyl halides is 2. The summed E-state index contributed by atoms with van der Waals surface area (Å²) in [5.74, 6) is -5.19. The molecule has 2 fully saturated rings. The van der Waals surface area contributed by atoms with Gasteiger partial charge in [-0.05, 0) is 73.9 Å². The molecule has 7 rings (SSSR count). The fourth-order valence-corrected chi connectivity index (χ4v) is 8.83. The number of piperidine rings is 1. The van der Waals surface area contributed by atoms with E-state index in [9.17, 15) is 37.5 Å². The maximum absolute atomic E-state index is 14.1. The van der Waals surface area contributed by atoms with E-state index in [0.717, 1.165) is 71.0 Å². The Hall–Kier alpha value is -5.83. The van der Waals surface area contributed by atoms with Crippen molar-refractivity contribution >= 4 is 69.2 Å². The maximum Gasteiger partial charge on any atom is 0.262 e. The number of aryl methyl sites for hydroxylation is 1. The average Bonchev–Trinajstić information content (AvgIpc) is 3.73. The van der Waals surface area contributed by atoms with E-state index in [1.807, 2.05) is 48.7 Å². The summed E-state index contributed by atoms with van der Waals surface area (Å²) in [6.07, 6.45) is 8.47. The van der Waals surface area contributed by atoms with Crippen LogP contribution in [0.15, 0.2) is 66.9 Å². The van der Waals surface area contributed by atoms with Crippen LogP contribution < -0.4 is 21.7 Å². The third kappa shape index (κ3) is 10.0. The van der Waals surface area contributed by atoms with Crippen molar-refractivity contribution in [2.75, 3.05) is 11.9 Å². The molecular weight excluding hydrogens is 803 g/mol. The highest BCUT2D eigenvalue weighted by atomic mass is 32.1. The van der Waals surface area contributed by atoms with Crippen LogP contribution in [-0.4, -0.2) is 68.4 Å². The third-order valence-electron chi connectivity index (χ3n) is 12.0.